The van der Waals surface area contributed by atoms with Gasteiger partial charge in [0.15, 0.2) is 11.5 Å². The summed E-state index contributed by atoms with van der Waals surface area (Å²) in [6, 6.07) is 7.56. The Morgan fingerprint density at radius 1 is 1.32 bits per heavy atom. The lowest BCUT2D eigenvalue weighted by Crippen LogP contribution is -2.25. The van der Waals surface area contributed by atoms with Crippen LogP contribution in [-0.4, -0.2) is 33.6 Å². The van der Waals surface area contributed by atoms with Crippen molar-refractivity contribution in [1.82, 2.24) is 15.3 Å². The Labute approximate surface area is 163 Å². The fourth-order valence-corrected chi connectivity index (χ4v) is 3.10. The molecule has 1 aromatic heterocycles. The fraction of sp³-hybridized carbons (Fsp3) is 0.400. The molecule has 1 heterocycles. The number of amides is 2. The molecule has 1 aromatic carbocycles. The van der Waals surface area contributed by atoms with Crippen molar-refractivity contribution in [2.75, 3.05) is 11.9 Å². The van der Waals surface area contributed by atoms with E-state index in [1.807, 2.05) is 38.1 Å². The summed E-state index contributed by atoms with van der Waals surface area (Å²) in [4.78, 5) is 31.8. The van der Waals surface area contributed by atoms with Gasteiger partial charge in [0.25, 0.3) is 5.91 Å². The van der Waals surface area contributed by atoms with E-state index >= 15 is 0 Å². The first-order chi connectivity index (χ1) is 13.4. The normalized spacial score (nSPS) is 14.4. The molecule has 1 fully saturated rings. The van der Waals surface area contributed by atoms with E-state index in [1.54, 1.807) is 0 Å². The van der Waals surface area contributed by atoms with E-state index in [0.29, 0.717) is 24.7 Å². The Morgan fingerprint density at radius 2 is 2.07 bits per heavy atom. The number of nitrogens with one attached hydrogen (secondary N) is 2. The molecule has 0 bridgehead atoms. The van der Waals surface area contributed by atoms with Crippen LogP contribution in [0.1, 0.15) is 66.0 Å². The van der Waals surface area contributed by atoms with Gasteiger partial charge in [-0.05, 0) is 42.9 Å². The number of aromatic nitrogens is 2. The Bertz CT molecular complexity index is 895. The van der Waals surface area contributed by atoms with E-state index in [9.17, 15) is 9.59 Å². The van der Waals surface area contributed by atoms with Gasteiger partial charge in [-0.3, -0.25) is 4.79 Å². The topological polar surface area (TPSA) is 130 Å². The first-order valence-electron chi connectivity index (χ1n) is 9.43. The maximum Gasteiger partial charge on any atom is 0.404 e. The molecule has 0 radical (unpaired) electrons. The highest BCUT2D eigenvalue weighted by molar-refractivity contribution is 5.96. The summed E-state index contributed by atoms with van der Waals surface area (Å²) in [5, 5.41) is 14.3. The van der Waals surface area contributed by atoms with Crippen LogP contribution in [0.15, 0.2) is 24.3 Å². The number of nitrogens with zero attached hydrogens (tertiary/aromatic N) is 2. The zero-order chi connectivity index (χ0) is 20.3. The number of carboxylic acid groups (broad SMARTS) is 1. The van der Waals surface area contributed by atoms with Gasteiger partial charge < -0.3 is 21.5 Å². The van der Waals surface area contributed by atoms with Gasteiger partial charge in [-0.2, -0.15) is 0 Å². The number of carbonyl (C=O) groups is 2. The molecular weight excluding hydrogens is 358 g/mol. The van der Waals surface area contributed by atoms with Crippen LogP contribution in [0.25, 0.3) is 0 Å². The third-order valence-electron chi connectivity index (χ3n) is 4.81. The summed E-state index contributed by atoms with van der Waals surface area (Å²) in [5.74, 6) is 0.129. The minimum atomic E-state index is -1.05. The molecule has 1 aliphatic carbocycles. The number of benzene rings is 1. The van der Waals surface area contributed by atoms with Gasteiger partial charge in [0.2, 0.25) is 0 Å². The first kappa shape index (κ1) is 19.6. The van der Waals surface area contributed by atoms with Crippen LogP contribution in [0, 0.1) is 0 Å². The fourth-order valence-electron chi connectivity index (χ4n) is 3.10. The molecule has 1 atom stereocenters. The van der Waals surface area contributed by atoms with E-state index in [4.69, 9.17) is 15.8 Å². The molecule has 0 aliphatic heterocycles. The van der Waals surface area contributed by atoms with Crippen LogP contribution in [0.3, 0.4) is 0 Å². The van der Waals surface area contributed by atoms with Crippen molar-refractivity contribution in [3.05, 3.63) is 46.9 Å². The second-order valence-corrected chi connectivity index (χ2v) is 7.08. The molecule has 3 rings (SSSR count). The Kier molecular flexibility index (Phi) is 5.77. The quantitative estimate of drug-likeness (QED) is 0.554. The standard InChI is InChI=1S/C20H25N5O3/c1-3-15-16(12-7-8-12)25-19(17(24-15)18(21)26)23-14-6-4-5-13(9-14)11(2)10-22-20(27)28/h4-6,9,11-12,22H,3,7-8,10H2,1-2H3,(H2,21,26)(H,23,25)(H,27,28)/t11-/m0/s1. The minimum absolute atomic E-state index is 0.0102. The van der Waals surface area contributed by atoms with Gasteiger partial charge in [0.05, 0.1) is 11.4 Å². The molecule has 0 saturated heterocycles. The third kappa shape index (κ3) is 4.57. The Hall–Kier alpha value is -3.16. The van der Waals surface area contributed by atoms with Crippen molar-refractivity contribution in [2.45, 2.75) is 44.9 Å². The maximum atomic E-state index is 11.9. The van der Waals surface area contributed by atoms with Crippen molar-refractivity contribution in [1.29, 1.82) is 0 Å². The van der Waals surface area contributed by atoms with Crippen LogP contribution in [0.2, 0.25) is 0 Å². The molecule has 28 heavy (non-hydrogen) atoms. The van der Waals surface area contributed by atoms with E-state index in [2.05, 4.69) is 15.6 Å². The number of hydrogen-bond acceptors (Lipinski definition) is 5. The minimum Gasteiger partial charge on any atom is -0.465 e. The SMILES string of the molecule is CCc1nc(C(N)=O)c(Nc2cccc([C@@H](C)CNC(=O)O)c2)nc1C1CC1. The van der Waals surface area contributed by atoms with Crippen LogP contribution in [0.4, 0.5) is 16.3 Å². The Morgan fingerprint density at radius 3 is 2.68 bits per heavy atom. The molecule has 0 spiro atoms. The zero-order valence-electron chi connectivity index (χ0n) is 16.0. The number of aryl methyl sites for hydroxylation is 1. The summed E-state index contributed by atoms with van der Waals surface area (Å²) in [5.41, 5.74) is 9.12. The van der Waals surface area contributed by atoms with Gasteiger partial charge in [0.1, 0.15) is 0 Å². The average molecular weight is 383 g/mol. The average Bonchev–Trinajstić information content (AvgIpc) is 3.51. The molecule has 8 heteroatoms. The van der Waals surface area contributed by atoms with Crippen LogP contribution in [-0.2, 0) is 6.42 Å². The molecule has 0 unspecified atom stereocenters. The van der Waals surface area contributed by atoms with Gasteiger partial charge in [0, 0.05) is 18.2 Å². The van der Waals surface area contributed by atoms with E-state index in [0.717, 1.165) is 35.5 Å². The van der Waals surface area contributed by atoms with E-state index in [-0.39, 0.29) is 11.6 Å². The van der Waals surface area contributed by atoms with Gasteiger partial charge >= 0.3 is 6.09 Å². The number of rotatable bonds is 8. The van der Waals surface area contributed by atoms with Crippen LogP contribution < -0.4 is 16.4 Å². The van der Waals surface area contributed by atoms with E-state index in [1.165, 1.54) is 0 Å². The predicted octanol–water partition coefficient (Wildman–Crippen LogP) is 3.13. The van der Waals surface area contributed by atoms with E-state index < -0.39 is 12.0 Å². The van der Waals surface area contributed by atoms with Crippen LogP contribution in [0.5, 0.6) is 0 Å². The Balaban J connectivity index is 1.88. The highest BCUT2D eigenvalue weighted by atomic mass is 16.4. The van der Waals surface area contributed by atoms with Gasteiger partial charge in [-0.25, -0.2) is 14.8 Å². The summed E-state index contributed by atoms with van der Waals surface area (Å²) in [6.07, 6.45) is 1.82. The lowest BCUT2D eigenvalue weighted by molar-refractivity contribution is 0.0995. The molecule has 1 saturated carbocycles. The van der Waals surface area contributed by atoms with Crippen LogP contribution >= 0.6 is 0 Å². The van der Waals surface area contributed by atoms with Crippen molar-refractivity contribution >= 4 is 23.5 Å². The highest BCUT2D eigenvalue weighted by Crippen LogP contribution is 2.41. The summed E-state index contributed by atoms with van der Waals surface area (Å²) < 4.78 is 0. The van der Waals surface area contributed by atoms with Gasteiger partial charge in [-0.1, -0.05) is 26.0 Å². The predicted molar refractivity (Wildman–Crippen MR) is 106 cm³/mol. The maximum absolute atomic E-state index is 11.9. The second kappa shape index (κ2) is 8.24. The summed E-state index contributed by atoms with van der Waals surface area (Å²) in [7, 11) is 0. The number of nitrogens with two attached hydrogens (primary N) is 1. The van der Waals surface area contributed by atoms with Crippen molar-refractivity contribution in [3.63, 3.8) is 0 Å². The summed E-state index contributed by atoms with van der Waals surface area (Å²) >= 11 is 0. The molecule has 8 nitrogen and oxygen atoms in total. The monoisotopic (exact) mass is 383 g/mol. The van der Waals surface area contributed by atoms with Crippen molar-refractivity contribution in [3.8, 4) is 0 Å². The number of carbonyl (C=O) groups excluding carboxylic acids is 1. The number of anilines is 2. The molecular formula is C20H25N5O3. The molecule has 1 aliphatic rings. The third-order valence-corrected chi connectivity index (χ3v) is 4.81. The molecule has 2 aromatic rings. The van der Waals surface area contributed by atoms with Gasteiger partial charge in [-0.15, -0.1) is 0 Å². The molecule has 2 amide bonds. The van der Waals surface area contributed by atoms with Crippen molar-refractivity contribution in [2.24, 2.45) is 5.73 Å². The number of hydrogen-bond donors (Lipinski definition) is 4. The number of primary amides is 1. The summed E-state index contributed by atoms with van der Waals surface area (Å²) in [6.45, 7) is 4.23. The lowest BCUT2D eigenvalue weighted by Gasteiger charge is -2.16. The van der Waals surface area contributed by atoms with Crippen molar-refractivity contribution < 1.29 is 14.7 Å². The zero-order valence-corrected chi connectivity index (χ0v) is 16.0. The second-order valence-electron chi connectivity index (χ2n) is 7.08. The molecule has 5 N–H and O–H groups in total. The highest BCUT2D eigenvalue weighted by Gasteiger charge is 2.30. The smallest absolute Gasteiger partial charge is 0.404 e. The first-order valence-corrected chi connectivity index (χ1v) is 9.43. The largest absolute Gasteiger partial charge is 0.465 e. The molecule has 148 valence electrons. The lowest BCUT2D eigenvalue weighted by atomic mass is 10.0.